The molecular weight excluding hydrogens is 340 g/mol. The predicted octanol–water partition coefficient (Wildman–Crippen LogP) is 4.51. The summed E-state index contributed by atoms with van der Waals surface area (Å²) in [6.07, 6.45) is 0.833. The van der Waals surface area contributed by atoms with E-state index in [1.165, 1.54) is 0 Å². The number of rotatable bonds is 4. The van der Waals surface area contributed by atoms with Crippen LogP contribution in [-0.2, 0) is 11.2 Å². The summed E-state index contributed by atoms with van der Waals surface area (Å²) in [5, 5.41) is 2.32. The van der Waals surface area contributed by atoms with Gasteiger partial charge in [0.1, 0.15) is 5.78 Å². The maximum absolute atomic E-state index is 12.6. The number of fused-ring (bicyclic) bond motifs is 2. The first-order valence-corrected chi connectivity index (χ1v) is 8.99. The van der Waals surface area contributed by atoms with Crippen LogP contribution in [0.4, 0.5) is 0 Å². The van der Waals surface area contributed by atoms with E-state index in [4.69, 9.17) is 14.2 Å². The molecule has 0 heterocycles. The normalized spacial score (nSPS) is 16.1. The summed E-state index contributed by atoms with van der Waals surface area (Å²) in [5.41, 5.74) is 3.10. The molecule has 1 aliphatic rings. The van der Waals surface area contributed by atoms with Gasteiger partial charge in [0, 0.05) is 24.3 Å². The van der Waals surface area contributed by atoms with Crippen molar-refractivity contribution in [3.63, 3.8) is 0 Å². The number of carbonyl (C=O) groups excluding carboxylic acids is 1. The average Bonchev–Trinajstić information content (AvgIpc) is 2.71. The van der Waals surface area contributed by atoms with Gasteiger partial charge in [-0.2, -0.15) is 0 Å². The Morgan fingerprint density at radius 2 is 1.63 bits per heavy atom. The Labute approximate surface area is 158 Å². The van der Waals surface area contributed by atoms with Crippen molar-refractivity contribution < 1.29 is 19.0 Å². The highest BCUT2D eigenvalue weighted by Gasteiger charge is 2.33. The second-order valence-electron chi connectivity index (χ2n) is 6.76. The molecule has 3 aromatic rings. The molecule has 0 spiro atoms. The Bertz CT molecular complexity index is 1020. The zero-order valence-electron chi connectivity index (χ0n) is 15.7. The van der Waals surface area contributed by atoms with Crippen molar-refractivity contribution in [1.82, 2.24) is 0 Å². The van der Waals surface area contributed by atoms with Gasteiger partial charge in [-0.1, -0.05) is 42.5 Å². The van der Waals surface area contributed by atoms with E-state index in [2.05, 4.69) is 24.3 Å². The van der Waals surface area contributed by atoms with Gasteiger partial charge in [0.25, 0.3) is 0 Å². The summed E-state index contributed by atoms with van der Waals surface area (Å²) in [4.78, 5) is 12.6. The van der Waals surface area contributed by atoms with Crippen molar-refractivity contribution in [2.75, 3.05) is 21.3 Å². The van der Waals surface area contributed by atoms with Crippen LogP contribution < -0.4 is 14.2 Å². The van der Waals surface area contributed by atoms with Gasteiger partial charge in [0.2, 0.25) is 5.75 Å². The van der Waals surface area contributed by atoms with Crippen molar-refractivity contribution in [3.05, 3.63) is 65.2 Å². The first-order chi connectivity index (χ1) is 13.2. The number of hydrogen-bond acceptors (Lipinski definition) is 4. The highest BCUT2D eigenvalue weighted by molar-refractivity contribution is 5.91. The van der Waals surface area contributed by atoms with Crippen LogP contribution in [-0.4, -0.2) is 27.1 Å². The maximum atomic E-state index is 12.6. The lowest BCUT2D eigenvalue weighted by Crippen LogP contribution is -2.21. The number of Topliss-reactive ketones (excluding diaryl/α,β-unsaturated/α-hetero) is 1. The monoisotopic (exact) mass is 362 g/mol. The summed E-state index contributed by atoms with van der Waals surface area (Å²) in [5.74, 6) is 1.94. The molecule has 4 rings (SSSR count). The van der Waals surface area contributed by atoms with E-state index >= 15 is 0 Å². The van der Waals surface area contributed by atoms with Crippen LogP contribution in [0.25, 0.3) is 10.8 Å². The molecule has 3 aromatic carbocycles. The summed E-state index contributed by atoms with van der Waals surface area (Å²) < 4.78 is 16.8. The van der Waals surface area contributed by atoms with Crippen molar-refractivity contribution >= 4 is 16.6 Å². The average molecular weight is 362 g/mol. The lowest BCUT2D eigenvalue weighted by Gasteiger charge is -2.29. The lowest BCUT2D eigenvalue weighted by atomic mass is 9.76. The van der Waals surface area contributed by atoms with Crippen LogP contribution in [0.1, 0.15) is 29.0 Å². The minimum atomic E-state index is -0.0814. The lowest BCUT2D eigenvalue weighted by molar-refractivity contribution is -0.119. The molecule has 1 unspecified atom stereocenters. The SMILES string of the molecule is COc1cc2c(c(OC)c1OC)C(c1cccc3ccccc13)CC(=O)C2. The molecule has 0 fully saturated rings. The van der Waals surface area contributed by atoms with Gasteiger partial charge in [0.05, 0.1) is 21.3 Å². The predicted molar refractivity (Wildman–Crippen MR) is 105 cm³/mol. The highest BCUT2D eigenvalue weighted by Crippen LogP contribution is 2.50. The molecule has 1 aliphatic carbocycles. The summed E-state index contributed by atoms with van der Waals surface area (Å²) in [6.45, 7) is 0. The molecule has 0 radical (unpaired) electrons. The molecule has 4 heteroatoms. The van der Waals surface area contributed by atoms with E-state index in [-0.39, 0.29) is 11.7 Å². The fraction of sp³-hybridized carbons (Fsp3) is 0.261. The maximum Gasteiger partial charge on any atom is 0.203 e. The van der Waals surface area contributed by atoms with E-state index in [1.807, 2.05) is 24.3 Å². The number of carbonyl (C=O) groups is 1. The zero-order chi connectivity index (χ0) is 19.0. The van der Waals surface area contributed by atoms with Crippen LogP contribution in [0, 0.1) is 0 Å². The molecule has 138 valence electrons. The Morgan fingerprint density at radius 1 is 0.889 bits per heavy atom. The van der Waals surface area contributed by atoms with Gasteiger partial charge in [-0.05, 0) is 28.0 Å². The first-order valence-electron chi connectivity index (χ1n) is 8.99. The molecule has 0 aromatic heterocycles. The van der Waals surface area contributed by atoms with Gasteiger partial charge >= 0.3 is 0 Å². The van der Waals surface area contributed by atoms with E-state index in [1.54, 1.807) is 21.3 Å². The van der Waals surface area contributed by atoms with Gasteiger partial charge < -0.3 is 14.2 Å². The Balaban J connectivity index is 2.01. The molecule has 0 saturated carbocycles. The summed E-state index contributed by atoms with van der Waals surface area (Å²) in [7, 11) is 4.83. The fourth-order valence-corrected chi connectivity index (χ4v) is 4.19. The number of benzene rings is 3. The largest absolute Gasteiger partial charge is 0.493 e. The molecular formula is C23H22O4. The van der Waals surface area contributed by atoms with Crippen molar-refractivity contribution in [2.24, 2.45) is 0 Å². The van der Waals surface area contributed by atoms with E-state index in [0.29, 0.717) is 30.1 Å². The van der Waals surface area contributed by atoms with Crippen molar-refractivity contribution in [3.8, 4) is 17.2 Å². The van der Waals surface area contributed by atoms with Gasteiger partial charge in [-0.3, -0.25) is 4.79 Å². The topological polar surface area (TPSA) is 44.8 Å². The first kappa shape index (κ1) is 17.4. The van der Waals surface area contributed by atoms with Crippen LogP contribution in [0.15, 0.2) is 48.5 Å². The second kappa shape index (κ2) is 6.95. The van der Waals surface area contributed by atoms with Crippen molar-refractivity contribution in [2.45, 2.75) is 18.8 Å². The minimum Gasteiger partial charge on any atom is -0.493 e. The van der Waals surface area contributed by atoms with Crippen LogP contribution in [0.2, 0.25) is 0 Å². The number of ether oxygens (including phenoxy) is 3. The Hall–Kier alpha value is -3.01. The fourth-order valence-electron chi connectivity index (χ4n) is 4.19. The molecule has 0 bridgehead atoms. The molecule has 0 saturated heterocycles. The standard InChI is InChI=1S/C23H22O4/c1-25-20-12-15-11-16(24)13-19(21(15)23(27-3)22(20)26-2)18-10-6-8-14-7-4-5-9-17(14)18/h4-10,12,19H,11,13H2,1-3H3. The number of methoxy groups -OCH3 is 3. The van der Waals surface area contributed by atoms with Gasteiger partial charge in [-0.15, -0.1) is 0 Å². The Kier molecular flexibility index (Phi) is 4.48. The molecule has 27 heavy (non-hydrogen) atoms. The highest BCUT2D eigenvalue weighted by atomic mass is 16.5. The Morgan fingerprint density at radius 3 is 2.37 bits per heavy atom. The third-order valence-electron chi connectivity index (χ3n) is 5.32. The quantitative estimate of drug-likeness (QED) is 0.685. The van der Waals surface area contributed by atoms with Gasteiger partial charge in [-0.25, -0.2) is 0 Å². The minimum absolute atomic E-state index is 0.0814. The van der Waals surface area contributed by atoms with E-state index in [9.17, 15) is 4.79 Å². The summed E-state index contributed by atoms with van der Waals surface area (Å²) >= 11 is 0. The smallest absolute Gasteiger partial charge is 0.203 e. The third kappa shape index (κ3) is 2.81. The molecule has 0 amide bonds. The molecule has 1 atom stereocenters. The second-order valence-corrected chi connectivity index (χ2v) is 6.76. The van der Waals surface area contributed by atoms with Crippen molar-refractivity contribution in [1.29, 1.82) is 0 Å². The van der Waals surface area contributed by atoms with Crippen LogP contribution >= 0.6 is 0 Å². The summed E-state index contributed by atoms with van der Waals surface area (Å²) in [6, 6.07) is 16.4. The molecule has 0 N–H and O–H groups in total. The molecule has 4 nitrogen and oxygen atoms in total. The number of ketones is 1. The number of hydrogen-bond donors (Lipinski definition) is 0. The van der Waals surface area contributed by atoms with E-state index < -0.39 is 0 Å². The van der Waals surface area contributed by atoms with Crippen LogP contribution in [0.3, 0.4) is 0 Å². The zero-order valence-corrected chi connectivity index (χ0v) is 15.7. The van der Waals surface area contributed by atoms with E-state index in [0.717, 1.165) is 27.5 Å². The van der Waals surface area contributed by atoms with Gasteiger partial charge in [0.15, 0.2) is 11.5 Å². The van der Waals surface area contributed by atoms with Crippen LogP contribution in [0.5, 0.6) is 17.2 Å². The third-order valence-corrected chi connectivity index (χ3v) is 5.32. The molecule has 0 aliphatic heterocycles.